The van der Waals surface area contributed by atoms with Gasteiger partial charge in [0.15, 0.2) is 5.76 Å². The van der Waals surface area contributed by atoms with Crippen LogP contribution in [0.4, 0.5) is 5.82 Å². The third-order valence-electron chi connectivity index (χ3n) is 5.49. The molecule has 0 atom stereocenters. The van der Waals surface area contributed by atoms with E-state index < -0.39 is 0 Å². The van der Waals surface area contributed by atoms with Crippen LogP contribution < -0.4 is 9.64 Å². The highest BCUT2D eigenvalue weighted by molar-refractivity contribution is 6.07. The fourth-order valence-corrected chi connectivity index (χ4v) is 3.53. The first-order valence-corrected chi connectivity index (χ1v) is 9.84. The number of ether oxygens (including phenoxy) is 1. The molecule has 2 aromatic heterocycles. The number of hydrogen-bond acceptors (Lipinski definition) is 4. The van der Waals surface area contributed by atoms with Crippen molar-refractivity contribution in [3.8, 4) is 5.75 Å². The predicted octanol–water partition coefficient (Wildman–Crippen LogP) is 5.61. The summed E-state index contributed by atoms with van der Waals surface area (Å²) in [6, 6.07) is 17.3. The molecule has 0 bridgehead atoms. The van der Waals surface area contributed by atoms with Crippen molar-refractivity contribution in [1.29, 1.82) is 0 Å². The molecule has 0 fully saturated rings. The summed E-state index contributed by atoms with van der Waals surface area (Å²) in [6.07, 6.45) is 1.68. The third-order valence-corrected chi connectivity index (χ3v) is 5.49. The Hall–Kier alpha value is -3.60. The van der Waals surface area contributed by atoms with Gasteiger partial charge in [-0.25, -0.2) is 4.98 Å². The molecule has 0 saturated heterocycles. The van der Waals surface area contributed by atoms with Crippen LogP contribution in [-0.4, -0.2) is 18.0 Å². The smallest absolute Gasteiger partial charge is 0.295 e. The summed E-state index contributed by atoms with van der Waals surface area (Å²) in [4.78, 5) is 19.7. The lowest BCUT2D eigenvalue weighted by Crippen LogP contribution is -2.31. The Balaban J connectivity index is 1.77. The maximum atomic E-state index is 13.6. The van der Waals surface area contributed by atoms with Gasteiger partial charge in [0.2, 0.25) is 0 Å². The van der Waals surface area contributed by atoms with Gasteiger partial charge in [-0.15, -0.1) is 0 Å². The van der Waals surface area contributed by atoms with Gasteiger partial charge in [-0.05, 0) is 61.7 Å². The number of hydrogen-bond donors (Lipinski definition) is 0. The number of aryl methyl sites for hydroxylation is 3. The van der Waals surface area contributed by atoms with Crippen molar-refractivity contribution < 1.29 is 13.9 Å². The molecule has 0 aliphatic carbocycles. The van der Waals surface area contributed by atoms with Gasteiger partial charge in [0.25, 0.3) is 5.91 Å². The van der Waals surface area contributed by atoms with E-state index in [1.165, 1.54) is 0 Å². The first-order chi connectivity index (χ1) is 14.5. The predicted molar refractivity (Wildman–Crippen MR) is 118 cm³/mol. The minimum absolute atomic E-state index is 0.213. The zero-order chi connectivity index (χ0) is 21.3. The summed E-state index contributed by atoms with van der Waals surface area (Å²) in [5.74, 6) is 1.48. The molecular formula is C25H24N2O3. The van der Waals surface area contributed by atoms with E-state index in [9.17, 15) is 4.79 Å². The van der Waals surface area contributed by atoms with Crippen molar-refractivity contribution in [1.82, 2.24) is 4.98 Å². The van der Waals surface area contributed by atoms with Crippen molar-refractivity contribution in [3.63, 3.8) is 0 Å². The van der Waals surface area contributed by atoms with E-state index in [0.717, 1.165) is 39.0 Å². The van der Waals surface area contributed by atoms with Crippen molar-refractivity contribution in [2.75, 3.05) is 12.0 Å². The number of nitrogens with zero attached hydrogens (tertiary/aromatic N) is 2. The fourth-order valence-electron chi connectivity index (χ4n) is 3.53. The van der Waals surface area contributed by atoms with Gasteiger partial charge in [0, 0.05) is 17.1 Å². The first-order valence-electron chi connectivity index (χ1n) is 9.84. The summed E-state index contributed by atoms with van der Waals surface area (Å²) in [5.41, 5.74) is 4.76. The fraction of sp³-hybridized carbons (Fsp3) is 0.200. The number of furan rings is 1. The molecule has 4 rings (SSSR count). The Morgan fingerprint density at radius 2 is 1.77 bits per heavy atom. The molecule has 152 valence electrons. The molecule has 2 heterocycles. The molecule has 0 saturated carbocycles. The molecule has 30 heavy (non-hydrogen) atoms. The van der Waals surface area contributed by atoms with Crippen molar-refractivity contribution in [2.45, 2.75) is 27.3 Å². The topological polar surface area (TPSA) is 55.6 Å². The summed E-state index contributed by atoms with van der Waals surface area (Å²) in [6.45, 7) is 6.35. The highest BCUT2D eigenvalue weighted by Crippen LogP contribution is 2.31. The Morgan fingerprint density at radius 1 is 1.00 bits per heavy atom. The average Bonchev–Trinajstić information content (AvgIpc) is 3.12. The highest BCUT2D eigenvalue weighted by atomic mass is 16.5. The normalized spacial score (nSPS) is 10.9. The van der Waals surface area contributed by atoms with Crippen molar-refractivity contribution >= 4 is 22.7 Å². The molecule has 0 unspecified atom stereocenters. The number of fused-ring (bicyclic) bond motifs is 1. The second kappa shape index (κ2) is 8.03. The number of amides is 1. The Labute approximate surface area is 175 Å². The van der Waals surface area contributed by atoms with Crippen LogP contribution in [0.5, 0.6) is 5.75 Å². The van der Waals surface area contributed by atoms with Crippen LogP contribution in [0, 0.1) is 20.8 Å². The zero-order valence-electron chi connectivity index (χ0n) is 17.6. The maximum absolute atomic E-state index is 13.6. The van der Waals surface area contributed by atoms with E-state index in [1.54, 1.807) is 18.2 Å². The monoisotopic (exact) mass is 400 g/mol. The Morgan fingerprint density at radius 3 is 2.43 bits per heavy atom. The van der Waals surface area contributed by atoms with E-state index in [2.05, 4.69) is 11.1 Å². The lowest BCUT2D eigenvalue weighted by molar-refractivity contribution is 0.0959. The second-order valence-electron chi connectivity index (χ2n) is 7.37. The van der Waals surface area contributed by atoms with Gasteiger partial charge in [0.1, 0.15) is 17.2 Å². The van der Waals surface area contributed by atoms with Crippen LogP contribution in [-0.2, 0) is 6.54 Å². The van der Waals surface area contributed by atoms with Gasteiger partial charge in [-0.3, -0.25) is 9.69 Å². The molecule has 2 aromatic carbocycles. The van der Waals surface area contributed by atoms with Crippen LogP contribution in [0.2, 0.25) is 0 Å². The van der Waals surface area contributed by atoms with Crippen molar-refractivity contribution in [3.05, 3.63) is 88.8 Å². The summed E-state index contributed by atoms with van der Waals surface area (Å²) in [7, 11) is 1.63. The third kappa shape index (κ3) is 3.54. The number of pyridine rings is 1. The quantitative estimate of drug-likeness (QED) is 0.437. The number of rotatable bonds is 5. The summed E-state index contributed by atoms with van der Waals surface area (Å²) >= 11 is 0. The summed E-state index contributed by atoms with van der Waals surface area (Å²) in [5, 5.41) is 0.965. The molecule has 0 aliphatic rings. The van der Waals surface area contributed by atoms with Crippen LogP contribution in [0.1, 0.15) is 32.8 Å². The minimum atomic E-state index is -0.213. The van der Waals surface area contributed by atoms with E-state index in [0.29, 0.717) is 18.1 Å². The maximum Gasteiger partial charge on any atom is 0.295 e. The van der Waals surface area contributed by atoms with Crippen LogP contribution in [0.3, 0.4) is 0 Å². The van der Waals surface area contributed by atoms with E-state index in [-0.39, 0.29) is 5.91 Å². The average molecular weight is 400 g/mol. The number of aromatic nitrogens is 1. The molecule has 1 amide bonds. The van der Waals surface area contributed by atoms with Crippen LogP contribution in [0.15, 0.2) is 65.2 Å². The van der Waals surface area contributed by atoms with Crippen LogP contribution >= 0.6 is 0 Å². The number of carbonyl (C=O) groups is 1. The SMILES string of the molecule is COc1ccc(CN(C(=O)c2oc3c(C)c(C)ccc3c2C)c2ccccn2)cc1. The number of benzene rings is 2. The van der Waals surface area contributed by atoms with Gasteiger partial charge in [-0.1, -0.05) is 30.3 Å². The first kappa shape index (κ1) is 19.7. The minimum Gasteiger partial charge on any atom is -0.497 e. The molecule has 5 heteroatoms. The molecule has 0 N–H and O–H groups in total. The van der Waals surface area contributed by atoms with Crippen molar-refractivity contribution in [2.24, 2.45) is 0 Å². The largest absolute Gasteiger partial charge is 0.497 e. The molecule has 0 aliphatic heterocycles. The number of methoxy groups -OCH3 is 1. The molecule has 4 aromatic rings. The molecule has 0 radical (unpaired) electrons. The molecule has 5 nitrogen and oxygen atoms in total. The standard InChI is InChI=1S/C25H24N2O3/c1-16-8-13-21-18(3)24(30-23(21)17(16)2)25(28)27(22-7-5-6-14-26-22)15-19-9-11-20(29-4)12-10-19/h5-14H,15H2,1-4H3. The molecule has 0 spiro atoms. The zero-order valence-corrected chi connectivity index (χ0v) is 17.6. The number of carbonyl (C=O) groups excluding carboxylic acids is 1. The van der Waals surface area contributed by atoms with Gasteiger partial charge in [-0.2, -0.15) is 0 Å². The lowest BCUT2D eigenvalue weighted by Gasteiger charge is -2.21. The van der Waals surface area contributed by atoms with E-state index >= 15 is 0 Å². The Kier molecular flexibility index (Phi) is 5.27. The van der Waals surface area contributed by atoms with E-state index in [1.807, 2.05) is 69.3 Å². The lowest BCUT2D eigenvalue weighted by atomic mass is 10.0. The van der Waals surface area contributed by atoms with E-state index in [4.69, 9.17) is 9.15 Å². The molecular weight excluding hydrogens is 376 g/mol. The second-order valence-corrected chi connectivity index (χ2v) is 7.37. The van der Waals surface area contributed by atoms with Gasteiger partial charge >= 0.3 is 0 Å². The highest BCUT2D eigenvalue weighted by Gasteiger charge is 2.26. The van der Waals surface area contributed by atoms with Crippen LogP contribution in [0.25, 0.3) is 11.0 Å². The Bertz CT molecular complexity index is 1190. The van der Waals surface area contributed by atoms with Gasteiger partial charge in [0.05, 0.1) is 13.7 Å². The number of anilines is 1. The summed E-state index contributed by atoms with van der Waals surface area (Å²) < 4.78 is 11.3. The van der Waals surface area contributed by atoms with Gasteiger partial charge < -0.3 is 9.15 Å².